The second kappa shape index (κ2) is 8.75. The molecular weight excluding hydrogens is 409 g/mol. The summed E-state index contributed by atoms with van der Waals surface area (Å²) in [4.78, 5) is 15.3. The van der Waals surface area contributed by atoms with E-state index in [0.717, 1.165) is 0 Å². The molecule has 30 heavy (non-hydrogen) atoms. The average molecular weight is 434 g/mol. The summed E-state index contributed by atoms with van der Waals surface area (Å²) in [6, 6.07) is 4.62. The van der Waals surface area contributed by atoms with Gasteiger partial charge in [-0.15, -0.1) is 6.42 Å². The SMILES string of the molecule is C#CC(C)(C)N1CCN(c2ccc(N3CC(CNC(=S)OC)OC3=O)cc2F)C=N1. The normalized spacial score (nSPS) is 18.8. The van der Waals surface area contributed by atoms with Crippen molar-refractivity contribution in [1.29, 1.82) is 0 Å². The maximum absolute atomic E-state index is 14.8. The molecule has 1 fully saturated rings. The van der Waals surface area contributed by atoms with Gasteiger partial charge in [0.1, 0.15) is 23.8 Å². The van der Waals surface area contributed by atoms with Crippen molar-refractivity contribution in [1.82, 2.24) is 10.3 Å². The van der Waals surface area contributed by atoms with Crippen molar-refractivity contribution in [3.8, 4) is 12.3 Å². The van der Waals surface area contributed by atoms with E-state index in [9.17, 15) is 9.18 Å². The molecule has 2 aliphatic heterocycles. The largest absolute Gasteiger partial charge is 0.474 e. The Morgan fingerprint density at radius 2 is 2.27 bits per heavy atom. The number of nitrogens with zero attached hydrogens (tertiary/aromatic N) is 4. The van der Waals surface area contributed by atoms with E-state index >= 15 is 0 Å². The Balaban J connectivity index is 1.68. The van der Waals surface area contributed by atoms with Crippen LogP contribution >= 0.6 is 12.2 Å². The van der Waals surface area contributed by atoms with E-state index in [1.165, 1.54) is 18.1 Å². The number of amides is 1. The highest BCUT2D eigenvalue weighted by molar-refractivity contribution is 7.80. The lowest BCUT2D eigenvalue weighted by Gasteiger charge is -2.37. The van der Waals surface area contributed by atoms with E-state index in [0.29, 0.717) is 31.0 Å². The zero-order valence-corrected chi connectivity index (χ0v) is 17.9. The fraction of sp³-hybridized carbons (Fsp3) is 0.450. The fourth-order valence-electron chi connectivity index (χ4n) is 3.13. The molecule has 0 radical (unpaired) electrons. The number of methoxy groups -OCH3 is 1. The van der Waals surface area contributed by atoms with E-state index in [2.05, 4.69) is 16.3 Å². The van der Waals surface area contributed by atoms with Gasteiger partial charge in [0.05, 0.1) is 38.1 Å². The monoisotopic (exact) mass is 433 g/mol. The first-order chi connectivity index (χ1) is 14.2. The summed E-state index contributed by atoms with van der Waals surface area (Å²) >= 11 is 4.91. The predicted molar refractivity (Wildman–Crippen MR) is 117 cm³/mol. The maximum atomic E-state index is 14.8. The number of nitrogens with one attached hydrogen (secondary N) is 1. The average Bonchev–Trinajstić information content (AvgIpc) is 3.12. The molecule has 8 nitrogen and oxygen atoms in total. The van der Waals surface area contributed by atoms with E-state index in [1.807, 2.05) is 13.8 Å². The van der Waals surface area contributed by atoms with Crippen LogP contribution in [0.3, 0.4) is 0 Å². The van der Waals surface area contributed by atoms with Crippen LogP contribution in [0, 0.1) is 18.2 Å². The van der Waals surface area contributed by atoms with Crippen molar-refractivity contribution in [2.75, 3.05) is 43.1 Å². The lowest BCUT2D eigenvalue weighted by atomic mass is 10.1. The van der Waals surface area contributed by atoms with E-state index < -0.39 is 23.6 Å². The summed E-state index contributed by atoms with van der Waals surface area (Å²) < 4.78 is 25.0. The van der Waals surface area contributed by atoms with Crippen LogP contribution < -0.4 is 15.1 Å². The lowest BCUT2D eigenvalue weighted by Crippen LogP contribution is -2.47. The van der Waals surface area contributed by atoms with Crippen molar-refractivity contribution in [2.24, 2.45) is 5.10 Å². The zero-order valence-electron chi connectivity index (χ0n) is 17.1. The first kappa shape index (κ1) is 21.6. The van der Waals surface area contributed by atoms with Crippen LogP contribution in [0.2, 0.25) is 0 Å². The summed E-state index contributed by atoms with van der Waals surface area (Å²) in [5, 5.41) is 9.20. The van der Waals surface area contributed by atoms with Crippen LogP contribution in [0.1, 0.15) is 13.8 Å². The van der Waals surface area contributed by atoms with Crippen LogP contribution in [0.15, 0.2) is 23.3 Å². The third kappa shape index (κ3) is 4.57. The van der Waals surface area contributed by atoms with Crippen molar-refractivity contribution in [3.05, 3.63) is 24.0 Å². The molecule has 0 spiro atoms. The van der Waals surface area contributed by atoms with Gasteiger partial charge < -0.3 is 19.7 Å². The van der Waals surface area contributed by atoms with Crippen LogP contribution in [0.5, 0.6) is 0 Å². The number of ether oxygens (including phenoxy) is 2. The molecule has 1 N–H and O–H groups in total. The van der Waals surface area contributed by atoms with Gasteiger partial charge in [0.25, 0.3) is 5.17 Å². The smallest absolute Gasteiger partial charge is 0.414 e. The number of carbonyl (C=O) groups is 1. The summed E-state index contributed by atoms with van der Waals surface area (Å²) in [7, 11) is 1.45. The predicted octanol–water partition coefficient (Wildman–Crippen LogP) is 2.15. The number of anilines is 2. The Morgan fingerprint density at radius 3 is 2.87 bits per heavy atom. The molecule has 2 heterocycles. The topological polar surface area (TPSA) is 69.6 Å². The third-order valence-electron chi connectivity index (χ3n) is 4.97. The van der Waals surface area contributed by atoms with Gasteiger partial charge in [0.2, 0.25) is 0 Å². The second-order valence-electron chi connectivity index (χ2n) is 7.38. The van der Waals surface area contributed by atoms with Gasteiger partial charge in [-0.1, -0.05) is 5.92 Å². The molecule has 0 aromatic heterocycles. The lowest BCUT2D eigenvalue weighted by molar-refractivity contribution is 0.142. The van der Waals surface area contributed by atoms with Gasteiger partial charge in [-0.05, 0) is 44.3 Å². The molecule has 1 aromatic rings. The second-order valence-corrected chi connectivity index (χ2v) is 7.75. The molecule has 1 atom stereocenters. The van der Waals surface area contributed by atoms with Crippen molar-refractivity contribution >= 4 is 41.2 Å². The molecule has 1 unspecified atom stereocenters. The molecule has 0 aliphatic carbocycles. The fourth-order valence-corrected chi connectivity index (χ4v) is 3.21. The van der Waals surface area contributed by atoms with Gasteiger partial charge in [0, 0.05) is 6.54 Å². The Bertz CT molecular complexity index is 901. The number of cyclic esters (lactones) is 1. The summed E-state index contributed by atoms with van der Waals surface area (Å²) in [5.41, 5.74) is 0.276. The quantitative estimate of drug-likeness (QED) is 0.564. The summed E-state index contributed by atoms with van der Waals surface area (Å²) in [6.45, 7) is 5.48. The number of thiocarbonyl (C=S) groups is 1. The number of terminal acetylenes is 1. The minimum Gasteiger partial charge on any atom is -0.474 e. The molecule has 2 aliphatic rings. The first-order valence-corrected chi connectivity index (χ1v) is 9.81. The molecule has 0 bridgehead atoms. The standard InChI is InChI=1S/C20H24FN5O3S/c1-5-20(2,3)26-9-8-24(13-23-26)17-7-6-14(10-16(17)21)25-12-15(29-19(25)27)11-22-18(30)28-4/h1,6-7,10,13,15H,8-9,11-12H2,2-4H3,(H,22,30). The van der Waals surface area contributed by atoms with Crippen LogP contribution in [-0.4, -0.2) is 67.5 Å². The van der Waals surface area contributed by atoms with Crippen molar-refractivity contribution in [3.63, 3.8) is 0 Å². The number of hydrogen-bond acceptors (Lipinski definition) is 7. The van der Waals surface area contributed by atoms with Crippen molar-refractivity contribution in [2.45, 2.75) is 25.5 Å². The summed E-state index contributed by atoms with van der Waals surface area (Å²) in [5.74, 6) is 2.23. The van der Waals surface area contributed by atoms with Crippen LogP contribution in [0.4, 0.5) is 20.6 Å². The van der Waals surface area contributed by atoms with Gasteiger partial charge >= 0.3 is 6.09 Å². The van der Waals surface area contributed by atoms with E-state index in [-0.39, 0.29) is 11.7 Å². The molecule has 1 amide bonds. The highest BCUT2D eigenvalue weighted by Crippen LogP contribution is 2.28. The minimum atomic E-state index is -0.538. The number of halogens is 1. The maximum Gasteiger partial charge on any atom is 0.414 e. The van der Waals surface area contributed by atoms with Gasteiger partial charge in [0.15, 0.2) is 0 Å². The highest BCUT2D eigenvalue weighted by atomic mass is 32.1. The summed E-state index contributed by atoms with van der Waals surface area (Å²) in [6.07, 6.45) is 6.15. The molecule has 3 rings (SSSR count). The molecule has 0 saturated carbocycles. The number of hydrogen-bond donors (Lipinski definition) is 1. The Kier molecular flexibility index (Phi) is 6.31. The first-order valence-electron chi connectivity index (χ1n) is 9.41. The van der Waals surface area contributed by atoms with Gasteiger partial charge in [-0.3, -0.25) is 9.91 Å². The Hall–Kier alpha value is -3.06. The Morgan fingerprint density at radius 1 is 1.50 bits per heavy atom. The van der Waals surface area contributed by atoms with E-state index in [1.54, 1.807) is 28.4 Å². The van der Waals surface area contributed by atoms with Gasteiger partial charge in [-0.25, -0.2) is 9.18 Å². The van der Waals surface area contributed by atoms with Crippen LogP contribution in [-0.2, 0) is 9.47 Å². The van der Waals surface area contributed by atoms with Crippen molar-refractivity contribution < 1.29 is 18.7 Å². The molecule has 1 saturated heterocycles. The molecule has 1 aromatic carbocycles. The number of benzene rings is 1. The van der Waals surface area contributed by atoms with Gasteiger partial charge in [-0.2, -0.15) is 5.10 Å². The Labute approximate surface area is 180 Å². The number of rotatable bonds is 5. The minimum absolute atomic E-state index is 0.215. The zero-order chi connectivity index (χ0) is 21.9. The van der Waals surface area contributed by atoms with E-state index in [4.69, 9.17) is 28.1 Å². The molecular formula is C20H24FN5O3S. The third-order valence-corrected chi connectivity index (χ3v) is 5.28. The van der Waals surface area contributed by atoms with Crippen LogP contribution in [0.25, 0.3) is 0 Å². The number of hydrazone groups is 1. The number of carbonyl (C=O) groups excluding carboxylic acids is 1. The molecule has 160 valence electrons. The highest BCUT2D eigenvalue weighted by Gasteiger charge is 2.33. The molecule has 10 heteroatoms.